The van der Waals surface area contributed by atoms with E-state index in [1.54, 1.807) is 25.1 Å². The molecule has 3 aromatic rings. The molecule has 1 aliphatic rings. The summed E-state index contributed by atoms with van der Waals surface area (Å²) in [6, 6.07) is 9.91. The van der Waals surface area contributed by atoms with Crippen molar-refractivity contribution in [3.8, 4) is 0 Å². The number of carbonyl (C=O) groups excluding carboxylic acids is 2. The van der Waals surface area contributed by atoms with E-state index in [0.717, 1.165) is 23.0 Å². The maximum absolute atomic E-state index is 12.8. The van der Waals surface area contributed by atoms with Gasteiger partial charge in [-0.2, -0.15) is 0 Å². The van der Waals surface area contributed by atoms with Gasteiger partial charge in [0.1, 0.15) is 0 Å². The van der Waals surface area contributed by atoms with Crippen LogP contribution >= 0.6 is 0 Å². The number of nitrogens with zero attached hydrogens (tertiary/aromatic N) is 1. The minimum Gasteiger partial charge on any atom is -0.326 e. The minimum atomic E-state index is -0.512. The predicted molar refractivity (Wildman–Crippen MR) is 115 cm³/mol. The normalized spacial score (nSPS) is 13.3. The summed E-state index contributed by atoms with van der Waals surface area (Å²) in [7, 11) is 0. The van der Waals surface area contributed by atoms with Gasteiger partial charge in [0.05, 0.1) is 10.9 Å². The molecule has 0 saturated heterocycles. The molecule has 0 aliphatic heterocycles. The van der Waals surface area contributed by atoms with Crippen LogP contribution in [-0.2, 0) is 11.3 Å². The highest BCUT2D eigenvalue weighted by molar-refractivity contribution is 6.06. The molecular weight excluding hydrogens is 384 g/mol. The Labute approximate surface area is 171 Å². The molecule has 1 aromatic heterocycles. The fourth-order valence-corrected chi connectivity index (χ4v) is 3.30. The van der Waals surface area contributed by atoms with Crippen molar-refractivity contribution >= 4 is 34.1 Å². The molecule has 154 valence electrons. The van der Waals surface area contributed by atoms with E-state index in [1.165, 1.54) is 12.1 Å². The Kier molecular flexibility index (Phi) is 4.99. The van der Waals surface area contributed by atoms with Crippen LogP contribution < -0.4 is 21.9 Å². The zero-order valence-electron chi connectivity index (χ0n) is 16.7. The number of rotatable bonds is 5. The number of hydrogen-bond donors (Lipinski definition) is 3. The number of amides is 2. The third kappa shape index (κ3) is 3.76. The Bertz CT molecular complexity index is 1280. The van der Waals surface area contributed by atoms with Crippen molar-refractivity contribution in [1.29, 1.82) is 0 Å². The van der Waals surface area contributed by atoms with Crippen molar-refractivity contribution in [1.82, 2.24) is 9.55 Å². The van der Waals surface area contributed by atoms with Crippen LogP contribution in [0, 0.1) is 12.8 Å². The number of anilines is 2. The second-order valence-electron chi connectivity index (χ2n) is 7.49. The molecule has 8 nitrogen and oxygen atoms in total. The molecule has 1 saturated carbocycles. The van der Waals surface area contributed by atoms with E-state index < -0.39 is 11.2 Å². The second kappa shape index (κ2) is 7.62. The van der Waals surface area contributed by atoms with Gasteiger partial charge in [-0.1, -0.05) is 6.07 Å². The van der Waals surface area contributed by atoms with Crippen LogP contribution in [0.3, 0.4) is 0 Å². The number of hydrogen-bond acceptors (Lipinski definition) is 4. The number of H-pyrrole nitrogens is 1. The Morgan fingerprint density at radius 3 is 2.57 bits per heavy atom. The van der Waals surface area contributed by atoms with E-state index >= 15 is 0 Å². The molecule has 2 aromatic carbocycles. The highest BCUT2D eigenvalue weighted by atomic mass is 16.2. The molecule has 2 amide bonds. The minimum absolute atomic E-state index is 0.00708. The van der Waals surface area contributed by atoms with Gasteiger partial charge in [-0.15, -0.1) is 0 Å². The number of fused-ring (bicyclic) bond motifs is 1. The molecule has 0 atom stereocenters. The largest absolute Gasteiger partial charge is 0.328 e. The maximum atomic E-state index is 12.8. The fourth-order valence-electron chi connectivity index (χ4n) is 3.30. The number of aryl methyl sites for hydroxylation is 1. The second-order valence-corrected chi connectivity index (χ2v) is 7.49. The summed E-state index contributed by atoms with van der Waals surface area (Å²) in [5.74, 6) is -0.306. The molecule has 1 fully saturated rings. The van der Waals surface area contributed by atoms with Crippen LogP contribution in [0.4, 0.5) is 11.4 Å². The van der Waals surface area contributed by atoms with Gasteiger partial charge < -0.3 is 15.6 Å². The average Bonchev–Trinajstić information content (AvgIpc) is 3.56. The lowest BCUT2D eigenvalue weighted by molar-refractivity contribution is -0.117. The summed E-state index contributed by atoms with van der Waals surface area (Å²) in [5, 5.41) is 6.04. The number of benzene rings is 2. The first-order valence-electron chi connectivity index (χ1n) is 9.87. The van der Waals surface area contributed by atoms with Crippen molar-refractivity contribution in [2.45, 2.75) is 33.2 Å². The van der Waals surface area contributed by atoms with Gasteiger partial charge >= 0.3 is 5.69 Å². The predicted octanol–water partition coefficient (Wildman–Crippen LogP) is 2.62. The third-order valence-electron chi connectivity index (χ3n) is 5.26. The van der Waals surface area contributed by atoms with Gasteiger partial charge in [0.2, 0.25) is 5.91 Å². The molecule has 0 unspecified atom stereocenters. The highest BCUT2D eigenvalue weighted by Crippen LogP contribution is 2.31. The van der Waals surface area contributed by atoms with Crippen LogP contribution in [0.1, 0.15) is 35.7 Å². The van der Waals surface area contributed by atoms with Crippen LogP contribution in [-0.4, -0.2) is 21.4 Å². The summed E-state index contributed by atoms with van der Waals surface area (Å²) in [5.41, 5.74) is 1.75. The molecule has 1 heterocycles. The molecule has 3 N–H and O–H groups in total. The molecule has 8 heteroatoms. The summed E-state index contributed by atoms with van der Waals surface area (Å²) < 4.78 is 1.10. The lowest BCUT2D eigenvalue weighted by Gasteiger charge is -2.12. The summed E-state index contributed by atoms with van der Waals surface area (Å²) in [6.07, 6.45) is 1.82. The lowest BCUT2D eigenvalue weighted by atomic mass is 10.1. The van der Waals surface area contributed by atoms with Crippen molar-refractivity contribution in [3.63, 3.8) is 0 Å². The summed E-state index contributed by atoms with van der Waals surface area (Å²) >= 11 is 0. The third-order valence-corrected chi connectivity index (χ3v) is 5.26. The summed E-state index contributed by atoms with van der Waals surface area (Å²) in [4.78, 5) is 51.8. The smallest absolute Gasteiger partial charge is 0.326 e. The van der Waals surface area contributed by atoms with Gasteiger partial charge in [-0.25, -0.2) is 4.79 Å². The van der Waals surface area contributed by atoms with E-state index in [4.69, 9.17) is 0 Å². The zero-order valence-corrected chi connectivity index (χ0v) is 16.7. The molecule has 30 heavy (non-hydrogen) atoms. The maximum Gasteiger partial charge on any atom is 0.328 e. The molecular formula is C22H22N4O4. The number of aromatic nitrogens is 2. The quantitative estimate of drug-likeness (QED) is 0.604. The van der Waals surface area contributed by atoms with Crippen molar-refractivity contribution in [3.05, 3.63) is 68.4 Å². The highest BCUT2D eigenvalue weighted by Gasteiger charge is 2.29. The van der Waals surface area contributed by atoms with Crippen LogP contribution in [0.5, 0.6) is 0 Å². The number of nitrogens with one attached hydrogen (secondary N) is 3. The van der Waals surface area contributed by atoms with Gasteiger partial charge in [0.15, 0.2) is 0 Å². The van der Waals surface area contributed by atoms with Crippen molar-refractivity contribution in [2.24, 2.45) is 5.92 Å². The van der Waals surface area contributed by atoms with Gasteiger partial charge in [0, 0.05) is 29.4 Å². The first-order chi connectivity index (χ1) is 14.4. The lowest BCUT2D eigenvalue weighted by Crippen LogP contribution is -2.34. The average molecular weight is 406 g/mol. The number of aromatic amines is 1. The molecule has 0 bridgehead atoms. The molecule has 0 spiro atoms. The number of carbonyl (C=O) groups is 2. The van der Waals surface area contributed by atoms with Gasteiger partial charge in [-0.3, -0.25) is 19.0 Å². The van der Waals surface area contributed by atoms with E-state index in [9.17, 15) is 19.2 Å². The van der Waals surface area contributed by atoms with Crippen molar-refractivity contribution in [2.75, 3.05) is 10.6 Å². The van der Waals surface area contributed by atoms with Crippen LogP contribution in [0.2, 0.25) is 0 Å². The van der Waals surface area contributed by atoms with Gasteiger partial charge in [-0.05, 0) is 62.6 Å². The fraction of sp³-hybridized carbons (Fsp3) is 0.273. The molecule has 4 rings (SSSR count). The van der Waals surface area contributed by atoms with E-state index in [0.29, 0.717) is 27.8 Å². The van der Waals surface area contributed by atoms with E-state index in [2.05, 4.69) is 15.6 Å². The van der Waals surface area contributed by atoms with E-state index in [1.807, 2.05) is 13.0 Å². The van der Waals surface area contributed by atoms with Crippen molar-refractivity contribution < 1.29 is 9.59 Å². The zero-order chi connectivity index (χ0) is 21.4. The SMILES string of the molecule is CCn1c(=O)[nH]c2cc(C(=O)Nc3cc(NC(=O)C4CC4)ccc3C)ccc2c1=O. The van der Waals surface area contributed by atoms with Crippen LogP contribution in [0.15, 0.2) is 46.0 Å². The topological polar surface area (TPSA) is 113 Å². The molecule has 1 aliphatic carbocycles. The Balaban J connectivity index is 1.60. The Morgan fingerprint density at radius 2 is 1.87 bits per heavy atom. The Morgan fingerprint density at radius 1 is 1.10 bits per heavy atom. The monoisotopic (exact) mass is 406 g/mol. The van der Waals surface area contributed by atoms with Crippen LogP contribution in [0.25, 0.3) is 10.9 Å². The van der Waals surface area contributed by atoms with Gasteiger partial charge in [0.25, 0.3) is 11.5 Å². The summed E-state index contributed by atoms with van der Waals surface area (Å²) in [6.45, 7) is 3.83. The standard InChI is InChI=1S/C22H22N4O4/c1-3-26-21(29)16-9-7-14(10-18(16)25-22(26)30)20(28)24-17-11-15(8-4-12(17)2)23-19(27)13-5-6-13/h4,7-11,13H,3,5-6H2,1-2H3,(H,23,27)(H,24,28)(H,25,30). The first kappa shape index (κ1) is 19.6. The van der Waals surface area contributed by atoms with E-state index in [-0.39, 0.29) is 24.3 Å². The molecule has 0 radical (unpaired) electrons. The Hall–Kier alpha value is -3.68. The first-order valence-corrected chi connectivity index (χ1v) is 9.87.